The van der Waals surface area contributed by atoms with Crippen molar-refractivity contribution in [3.8, 4) is 17.2 Å². The maximum atomic E-state index is 12.4. The number of nitrogens with one attached hydrogen (secondary N) is 1. The lowest BCUT2D eigenvalue weighted by molar-refractivity contribution is 0.0932. The quantitative estimate of drug-likeness (QED) is 0.658. The number of amides is 1. The van der Waals surface area contributed by atoms with Gasteiger partial charge in [0.1, 0.15) is 24.2 Å². The van der Waals surface area contributed by atoms with Gasteiger partial charge in [-0.15, -0.1) is 0 Å². The molecule has 1 amide bonds. The Morgan fingerprint density at radius 3 is 3.07 bits per heavy atom. The van der Waals surface area contributed by atoms with Crippen LogP contribution in [0, 0.1) is 0 Å². The highest BCUT2D eigenvalue weighted by Crippen LogP contribution is 2.35. The molecule has 4 rings (SSSR count). The molecule has 0 aliphatic carbocycles. The number of oxazole rings is 1. The molecule has 3 heterocycles. The molecule has 1 aliphatic heterocycles. The van der Waals surface area contributed by atoms with Gasteiger partial charge in [0.2, 0.25) is 12.7 Å². The summed E-state index contributed by atoms with van der Waals surface area (Å²) < 4.78 is 23.2. The van der Waals surface area contributed by atoms with Crippen molar-refractivity contribution >= 4 is 5.91 Å². The van der Waals surface area contributed by atoms with Crippen LogP contribution in [0.15, 0.2) is 35.2 Å². The summed E-state index contributed by atoms with van der Waals surface area (Å²) in [5, 5.41) is 6.93. The summed E-state index contributed by atoms with van der Waals surface area (Å²) in [4.78, 5) is 20.8. The first-order valence-electron chi connectivity index (χ1n) is 8.79. The minimum absolute atomic E-state index is 0.0760. The molecule has 0 radical (unpaired) electrons. The van der Waals surface area contributed by atoms with Gasteiger partial charge in [0.25, 0.3) is 5.91 Å². The fourth-order valence-electron chi connectivity index (χ4n) is 2.78. The van der Waals surface area contributed by atoms with Crippen LogP contribution < -0.4 is 19.5 Å². The maximum absolute atomic E-state index is 12.4. The number of nitrogens with zero attached hydrogens (tertiary/aromatic N) is 4. The van der Waals surface area contributed by atoms with Crippen LogP contribution in [0.2, 0.25) is 0 Å². The van der Waals surface area contributed by atoms with Gasteiger partial charge in [0, 0.05) is 12.6 Å². The van der Waals surface area contributed by atoms with Crippen molar-refractivity contribution in [2.75, 3.05) is 6.79 Å². The number of ether oxygens (including phenoxy) is 3. The average molecular weight is 385 g/mol. The SMILES string of the molecule is CCn1ncnc1[C@@H](C)NC(=O)c1coc(COc2ccc3c(c2)OCO3)n1. The molecule has 0 bridgehead atoms. The number of rotatable bonds is 7. The Hall–Kier alpha value is -3.56. The molecule has 10 heteroatoms. The Balaban J connectivity index is 1.35. The lowest BCUT2D eigenvalue weighted by atomic mass is 10.3. The molecule has 2 aromatic heterocycles. The lowest BCUT2D eigenvalue weighted by Crippen LogP contribution is -2.29. The number of fused-ring (bicyclic) bond motifs is 1. The van der Waals surface area contributed by atoms with Crippen LogP contribution in [0.3, 0.4) is 0 Å². The zero-order valence-electron chi connectivity index (χ0n) is 15.4. The number of benzene rings is 1. The zero-order chi connectivity index (χ0) is 19.5. The van der Waals surface area contributed by atoms with Crippen molar-refractivity contribution in [2.45, 2.75) is 33.0 Å². The Morgan fingerprint density at radius 2 is 2.21 bits per heavy atom. The normalized spacial score (nSPS) is 13.4. The molecule has 0 fully saturated rings. The number of carbonyl (C=O) groups is 1. The molecule has 1 aromatic carbocycles. The van der Waals surface area contributed by atoms with E-state index in [4.69, 9.17) is 18.6 Å². The van der Waals surface area contributed by atoms with Crippen molar-refractivity contribution in [3.05, 3.63) is 48.2 Å². The summed E-state index contributed by atoms with van der Waals surface area (Å²) in [7, 11) is 0. The average Bonchev–Trinajstić information content (AvgIpc) is 3.45. The van der Waals surface area contributed by atoms with E-state index in [0.29, 0.717) is 29.6 Å². The lowest BCUT2D eigenvalue weighted by Gasteiger charge is -2.12. The third-order valence-corrected chi connectivity index (χ3v) is 4.17. The summed E-state index contributed by atoms with van der Waals surface area (Å²) in [5.41, 5.74) is 0.165. The molecule has 28 heavy (non-hydrogen) atoms. The third-order valence-electron chi connectivity index (χ3n) is 4.17. The number of hydrogen-bond acceptors (Lipinski definition) is 8. The van der Waals surface area contributed by atoms with Crippen molar-refractivity contribution in [2.24, 2.45) is 0 Å². The molecule has 1 aliphatic rings. The van der Waals surface area contributed by atoms with Crippen LogP contribution in [0.4, 0.5) is 0 Å². The van der Waals surface area contributed by atoms with E-state index < -0.39 is 0 Å². The van der Waals surface area contributed by atoms with Crippen LogP contribution in [-0.2, 0) is 13.2 Å². The summed E-state index contributed by atoms with van der Waals surface area (Å²) in [6.45, 7) is 4.73. The summed E-state index contributed by atoms with van der Waals surface area (Å²) in [6.07, 6.45) is 2.76. The van der Waals surface area contributed by atoms with E-state index in [1.807, 2.05) is 13.8 Å². The predicted octanol–water partition coefficient (Wildman–Crippen LogP) is 2.08. The van der Waals surface area contributed by atoms with Crippen molar-refractivity contribution in [3.63, 3.8) is 0 Å². The summed E-state index contributed by atoms with van der Waals surface area (Å²) in [5.74, 6) is 2.48. The van der Waals surface area contributed by atoms with E-state index in [-0.39, 0.29) is 36.9 Å². The van der Waals surface area contributed by atoms with Gasteiger partial charge in [-0.1, -0.05) is 0 Å². The minimum Gasteiger partial charge on any atom is -0.484 e. The molecule has 3 aromatic rings. The largest absolute Gasteiger partial charge is 0.484 e. The van der Waals surface area contributed by atoms with Gasteiger partial charge < -0.3 is 23.9 Å². The molecule has 0 saturated carbocycles. The molecule has 0 saturated heterocycles. The van der Waals surface area contributed by atoms with E-state index in [0.717, 1.165) is 0 Å². The Bertz CT molecular complexity index is 982. The van der Waals surface area contributed by atoms with Gasteiger partial charge in [-0.2, -0.15) is 5.10 Å². The smallest absolute Gasteiger partial charge is 0.273 e. The highest BCUT2D eigenvalue weighted by atomic mass is 16.7. The van der Waals surface area contributed by atoms with Crippen molar-refractivity contribution in [1.29, 1.82) is 0 Å². The van der Waals surface area contributed by atoms with Gasteiger partial charge in [0.05, 0.1) is 6.04 Å². The minimum atomic E-state index is -0.365. The number of aryl methyl sites for hydroxylation is 1. The van der Waals surface area contributed by atoms with Crippen LogP contribution in [0.5, 0.6) is 17.2 Å². The van der Waals surface area contributed by atoms with E-state index in [9.17, 15) is 4.79 Å². The Labute approximate surface area is 160 Å². The van der Waals surface area contributed by atoms with Crippen molar-refractivity contribution in [1.82, 2.24) is 25.1 Å². The fourth-order valence-corrected chi connectivity index (χ4v) is 2.78. The Morgan fingerprint density at radius 1 is 1.36 bits per heavy atom. The van der Waals surface area contributed by atoms with Crippen LogP contribution in [0.1, 0.15) is 42.1 Å². The maximum Gasteiger partial charge on any atom is 0.273 e. The second-order valence-electron chi connectivity index (χ2n) is 6.06. The van der Waals surface area contributed by atoms with Gasteiger partial charge in [-0.05, 0) is 26.0 Å². The Kier molecular flexibility index (Phi) is 4.83. The van der Waals surface area contributed by atoms with Crippen molar-refractivity contribution < 1.29 is 23.4 Å². The number of carbonyl (C=O) groups excluding carboxylic acids is 1. The first-order valence-corrected chi connectivity index (χ1v) is 8.79. The summed E-state index contributed by atoms with van der Waals surface area (Å²) in [6, 6.07) is 4.93. The molecule has 146 valence electrons. The molecule has 0 spiro atoms. The first-order chi connectivity index (χ1) is 13.6. The van der Waals surface area contributed by atoms with Gasteiger partial charge in [-0.25, -0.2) is 14.6 Å². The highest BCUT2D eigenvalue weighted by Gasteiger charge is 2.19. The van der Waals surface area contributed by atoms with Gasteiger partial charge in [0.15, 0.2) is 23.8 Å². The molecule has 0 unspecified atom stereocenters. The van der Waals surface area contributed by atoms with Crippen LogP contribution in [-0.4, -0.2) is 32.4 Å². The molecule has 1 N–H and O–H groups in total. The van der Waals surface area contributed by atoms with E-state index in [1.165, 1.54) is 12.6 Å². The van der Waals surface area contributed by atoms with E-state index in [1.54, 1.807) is 22.9 Å². The van der Waals surface area contributed by atoms with Gasteiger partial charge >= 0.3 is 0 Å². The first kappa shape index (κ1) is 17.8. The second-order valence-corrected chi connectivity index (χ2v) is 6.06. The van der Waals surface area contributed by atoms with Gasteiger partial charge in [-0.3, -0.25) is 4.79 Å². The fraction of sp³-hybridized carbons (Fsp3) is 0.333. The zero-order valence-corrected chi connectivity index (χ0v) is 15.4. The molecular weight excluding hydrogens is 366 g/mol. The standard InChI is InChI=1S/C18H19N5O5/c1-3-23-17(19-9-20-23)11(2)21-18(24)13-7-26-16(22-13)8-25-12-4-5-14-15(6-12)28-10-27-14/h4-7,9,11H,3,8,10H2,1-2H3,(H,21,24)/t11-/m1/s1. The highest BCUT2D eigenvalue weighted by molar-refractivity contribution is 5.92. The molecular formula is C18H19N5O5. The molecule has 1 atom stereocenters. The monoisotopic (exact) mass is 385 g/mol. The topological polar surface area (TPSA) is 114 Å². The predicted molar refractivity (Wildman–Crippen MR) is 95.0 cm³/mol. The van der Waals surface area contributed by atoms with E-state index in [2.05, 4.69) is 20.4 Å². The number of aromatic nitrogens is 4. The van der Waals surface area contributed by atoms with Crippen LogP contribution in [0.25, 0.3) is 0 Å². The second kappa shape index (κ2) is 7.59. The van der Waals surface area contributed by atoms with Crippen LogP contribution >= 0.6 is 0 Å². The number of hydrogen-bond donors (Lipinski definition) is 1. The van der Waals surface area contributed by atoms with E-state index >= 15 is 0 Å². The summed E-state index contributed by atoms with van der Waals surface area (Å²) >= 11 is 0. The molecule has 10 nitrogen and oxygen atoms in total. The third kappa shape index (κ3) is 3.61.